The van der Waals surface area contributed by atoms with Gasteiger partial charge >= 0.3 is 0 Å². The van der Waals surface area contributed by atoms with Gasteiger partial charge in [0.2, 0.25) is 17.7 Å². The number of unbranched alkanes of at least 4 members (excludes halogenated alkanes) is 3. The van der Waals surface area contributed by atoms with Gasteiger partial charge < -0.3 is 20.7 Å². The fourth-order valence-corrected chi connectivity index (χ4v) is 3.85. The first-order valence-electron chi connectivity index (χ1n) is 13.0. The maximum atomic E-state index is 13.2. The normalized spacial score (nSPS) is 19.9. The Morgan fingerprint density at radius 2 is 1.44 bits per heavy atom. The summed E-state index contributed by atoms with van der Waals surface area (Å²) in [7, 11) is 0. The van der Waals surface area contributed by atoms with E-state index in [1.165, 1.54) is 0 Å². The maximum Gasteiger partial charge on any atom is 0.243 e. The standard InChI is InChI=1S/C26H47N3O5/c1-8-10-12-14-21(30)29-22(18(5)6)25(33)27-19(13-11-9-2)24(32)28-20(15-17(3)4)23(31)26(7)16-34-26/h17-20,22H,8-16H2,1-7H3,(H,27,33)(H,28,32)(H,29,30)/t19-,20-,22+,26-/m0/s1. The molecule has 0 bridgehead atoms. The van der Waals surface area contributed by atoms with Crippen molar-refractivity contribution in [1.29, 1.82) is 0 Å². The summed E-state index contributed by atoms with van der Waals surface area (Å²) in [5.74, 6) is -0.964. The number of ether oxygens (including phenoxy) is 1. The Labute approximate surface area is 205 Å². The Hall–Kier alpha value is -1.96. The quantitative estimate of drug-likeness (QED) is 0.218. The number of hydrogen-bond donors (Lipinski definition) is 3. The van der Waals surface area contributed by atoms with Crippen LogP contribution < -0.4 is 16.0 Å². The molecule has 1 saturated heterocycles. The summed E-state index contributed by atoms with van der Waals surface area (Å²) in [6.45, 7) is 13.9. The summed E-state index contributed by atoms with van der Waals surface area (Å²) in [4.78, 5) is 51.6. The van der Waals surface area contributed by atoms with Gasteiger partial charge in [0.1, 0.15) is 17.7 Å². The molecule has 0 aromatic carbocycles. The first kappa shape index (κ1) is 30.1. The minimum absolute atomic E-state index is 0.130. The maximum absolute atomic E-state index is 13.2. The third-order valence-electron chi connectivity index (χ3n) is 6.19. The van der Waals surface area contributed by atoms with E-state index in [4.69, 9.17) is 4.74 Å². The number of amides is 3. The lowest BCUT2D eigenvalue weighted by Gasteiger charge is -2.27. The monoisotopic (exact) mass is 481 g/mol. The highest BCUT2D eigenvalue weighted by Gasteiger charge is 2.50. The molecule has 1 aliphatic heterocycles. The van der Waals surface area contributed by atoms with Crippen molar-refractivity contribution in [3.63, 3.8) is 0 Å². The highest BCUT2D eigenvalue weighted by molar-refractivity contribution is 5.98. The average Bonchev–Trinajstić information content (AvgIpc) is 3.51. The molecule has 1 aliphatic rings. The average molecular weight is 482 g/mol. The van der Waals surface area contributed by atoms with Gasteiger partial charge in [-0.1, -0.05) is 67.2 Å². The molecule has 1 heterocycles. The van der Waals surface area contributed by atoms with Crippen LogP contribution in [-0.4, -0.2) is 53.8 Å². The van der Waals surface area contributed by atoms with Gasteiger partial charge in [0.25, 0.3) is 0 Å². The zero-order chi connectivity index (χ0) is 25.9. The van der Waals surface area contributed by atoms with E-state index in [0.29, 0.717) is 25.9 Å². The largest absolute Gasteiger partial charge is 0.361 e. The molecule has 0 aliphatic carbocycles. The van der Waals surface area contributed by atoms with Gasteiger partial charge in [0.15, 0.2) is 5.78 Å². The predicted octanol–water partition coefficient (Wildman–Crippen LogP) is 3.27. The third kappa shape index (κ3) is 10.1. The van der Waals surface area contributed by atoms with Crippen LogP contribution in [0, 0.1) is 11.8 Å². The molecule has 0 aromatic heterocycles. The summed E-state index contributed by atoms with van der Waals surface area (Å²) in [5, 5.41) is 8.57. The molecule has 1 rings (SSSR count). The van der Waals surface area contributed by atoms with Crippen molar-refractivity contribution in [2.24, 2.45) is 11.8 Å². The lowest BCUT2D eigenvalue weighted by molar-refractivity contribution is -0.135. The number of epoxide rings is 1. The first-order chi connectivity index (χ1) is 15.9. The van der Waals surface area contributed by atoms with Gasteiger partial charge in [0, 0.05) is 6.42 Å². The van der Waals surface area contributed by atoms with Crippen molar-refractivity contribution in [3.8, 4) is 0 Å². The molecule has 0 aromatic rings. The highest BCUT2D eigenvalue weighted by Crippen LogP contribution is 2.29. The molecule has 8 heteroatoms. The highest BCUT2D eigenvalue weighted by atomic mass is 16.6. The zero-order valence-electron chi connectivity index (χ0n) is 22.3. The van der Waals surface area contributed by atoms with E-state index in [0.717, 1.165) is 32.1 Å². The van der Waals surface area contributed by atoms with E-state index < -0.39 is 23.7 Å². The van der Waals surface area contributed by atoms with Crippen LogP contribution in [0.2, 0.25) is 0 Å². The van der Waals surface area contributed by atoms with Gasteiger partial charge in [-0.25, -0.2) is 0 Å². The van der Waals surface area contributed by atoms with Gasteiger partial charge in [0.05, 0.1) is 12.6 Å². The van der Waals surface area contributed by atoms with E-state index in [9.17, 15) is 19.2 Å². The molecule has 8 nitrogen and oxygen atoms in total. The summed E-state index contributed by atoms with van der Waals surface area (Å²) >= 11 is 0. The predicted molar refractivity (Wildman–Crippen MR) is 133 cm³/mol. The summed E-state index contributed by atoms with van der Waals surface area (Å²) in [6, 6.07) is -2.17. The fraction of sp³-hybridized carbons (Fsp3) is 0.846. The molecule has 0 unspecified atom stereocenters. The number of carbonyl (C=O) groups is 4. The lowest BCUT2D eigenvalue weighted by atomic mass is 9.93. The van der Waals surface area contributed by atoms with Crippen molar-refractivity contribution in [2.45, 2.75) is 124 Å². The number of nitrogens with one attached hydrogen (secondary N) is 3. The van der Waals surface area contributed by atoms with Crippen molar-refractivity contribution >= 4 is 23.5 Å². The van der Waals surface area contributed by atoms with Gasteiger partial charge in [-0.3, -0.25) is 19.2 Å². The Bertz CT molecular complexity index is 688. The van der Waals surface area contributed by atoms with Crippen LogP contribution in [0.15, 0.2) is 0 Å². The Kier molecular flexibility index (Phi) is 12.8. The van der Waals surface area contributed by atoms with E-state index in [-0.39, 0.29) is 35.3 Å². The van der Waals surface area contributed by atoms with Crippen LogP contribution in [0.5, 0.6) is 0 Å². The van der Waals surface area contributed by atoms with Crippen molar-refractivity contribution in [1.82, 2.24) is 16.0 Å². The van der Waals surface area contributed by atoms with Gasteiger partial charge in [-0.15, -0.1) is 0 Å². The second-order valence-corrected chi connectivity index (χ2v) is 10.5. The SMILES string of the molecule is CCCCCC(=O)N[C@@H](C(=O)N[C@@H](CCCC)C(=O)N[C@@H](CC(C)C)C(=O)[C@]1(C)CO1)C(C)C. The molecule has 4 atom stereocenters. The number of rotatable bonds is 17. The van der Waals surface area contributed by atoms with Crippen molar-refractivity contribution in [3.05, 3.63) is 0 Å². The Balaban J connectivity index is 2.89. The van der Waals surface area contributed by atoms with Gasteiger partial charge in [-0.05, 0) is 38.0 Å². The Morgan fingerprint density at radius 1 is 0.853 bits per heavy atom. The summed E-state index contributed by atoms with van der Waals surface area (Å²) in [5.41, 5.74) is -0.834. The number of carbonyl (C=O) groups excluding carboxylic acids is 4. The van der Waals surface area contributed by atoms with Crippen LogP contribution in [-0.2, 0) is 23.9 Å². The van der Waals surface area contributed by atoms with E-state index >= 15 is 0 Å². The van der Waals surface area contributed by atoms with Gasteiger partial charge in [-0.2, -0.15) is 0 Å². The third-order valence-corrected chi connectivity index (χ3v) is 6.19. The van der Waals surface area contributed by atoms with Crippen molar-refractivity contribution < 1.29 is 23.9 Å². The molecule has 0 spiro atoms. The number of Topliss-reactive ketones (excluding diaryl/α,β-unsaturated/α-hetero) is 1. The number of ketones is 1. The molecule has 3 amide bonds. The molecule has 0 saturated carbocycles. The second kappa shape index (κ2) is 14.4. The molecular formula is C26H47N3O5. The van der Waals surface area contributed by atoms with Crippen molar-refractivity contribution in [2.75, 3.05) is 6.61 Å². The van der Waals surface area contributed by atoms with E-state index in [1.54, 1.807) is 6.92 Å². The molecule has 3 N–H and O–H groups in total. The fourth-order valence-electron chi connectivity index (χ4n) is 3.85. The zero-order valence-corrected chi connectivity index (χ0v) is 22.3. The van der Waals surface area contributed by atoms with Crippen LogP contribution in [0.1, 0.15) is 99.8 Å². The first-order valence-corrected chi connectivity index (χ1v) is 13.0. The minimum Gasteiger partial charge on any atom is -0.361 e. The molecule has 1 fully saturated rings. The topological polar surface area (TPSA) is 117 Å². The summed E-state index contributed by atoms with van der Waals surface area (Å²) in [6.07, 6.45) is 5.71. The Morgan fingerprint density at radius 3 is 1.94 bits per heavy atom. The van der Waals surface area contributed by atoms with Crippen LogP contribution in [0.3, 0.4) is 0 Å². The molecular weight excluding hydrogens is 434 g/mol. The minimum atomic E-state index is -0.834. The van der Waals surface area contributed by atoms with E-state index in [1.807, 2.05) is 34.6 Å². The van der Waals surface area contributed by atoms with Crippen LogP contribution in [0.4, 0.5) is 0 Å². The van der Waals surface area contributed by atoms with Crippen LogP contribution >= 0.6 is 0 Å². The smallest absolute Gasteiger partial charge is 0.243 e. The molecule has 196 valence electrons. The molecule has 34 heavy (non-hydrogen) atoms. The number of hydrogen-bond acceptors (Lipinski definition) is 5. The lowest BCUT2D eigenvalue weighted by Crippen LogP contribution is -2.57. The second-order valence-electron chi connectivity index (χ2n) is 10.5. The summed E-state index contributed by atoms with van der Waals surface area (Å²) < 4.78 is 5.31. The van der Waals surface area contributed by atoms with Crippen LogP contribution in [0.25, 0.3) is 0 Å². The van der Waals surface area contributed by atoms with E-state index in [2.05, 4.69) is 22.9 Å². The molecule has 0 radical (unpaired) electrons.